The van der Waals surface area contributed by atoms with Crippen molar-refractivity contribution in [2.75, 3.05) is 13.1 Å². The molecule has 1 amide bonds. The van der Waals surface area contributed by atoms with Crippen molar-refractivity contribution in [1.29, 1.82) is 0 Å². The number of nitrogens with one attached hydrogen (secondary N) is 1. The summed E-state index contributed by atoms with van der Waals surface area (Å²) in [5.74, 6) is 1.09. The van der Waals surface area contributed by atoms with Gasteiger partial charge in [0.1, 0.15) is 0 Å². The molecule has 2 rings (SSSR count). The summed E-state index contributed by atoms with van der Waals surface area (Å²) in [5, 5.41) is 2.70. The number of piperidine rings is 1. The monoisotopic (exact) mass is 224 g/mol. The topological polar surface area (TPSA) is 32.3 Å². The number of nitrogens with zero attached hydrogens (tertiary/aromatic N) is 1. The molecule has 1 fully saturated rings. The van der Waals surface area contributed by atoms with Crippen LogP contribution in [0.3, 0.4) is 0 Å². The standard InChI is InChI=1S/C11H17N2OP/c14-11-2-1-9(3-6-12-11)10-4-7-13(15)8-5-10/h1-3,6,9-10H,4-5,7-8,15H2,(H,12,14). The maximum Gasteiger partial charge on any atom is 0.247 e. The van der Waals surface area contributed by atoms with Crippen LogP contribution in [0.2, 0.25) is 0 Å². The number of carbonyl (C=O) groups is 1. The molecule has 1 saturated heterocycles. The summed E-state index contributed by atoms with van der Waals surface area (Å²) in [4.78, 5) is 11.1. The maximum atomic E-state index is 11.1. The first-order valence-electron chi connectivity index (χ1n) is 5.41. The number of hydrogen-bond donors (Lipinski definition) is 1. The van der Waals surface area contributed by atoms with Crippen LogP contribution >= 0.6 is 9.39 Å². The summed E-state index contributed by atoms with van der Waals surface area (Å²) in [6.07, 6.45) is 9.97. The molecular formula is C11H17N2OP. The van der Waals surface area contributed by atoms with Gasteiger partial charge in [-0.15, -0.1) is 0 Å². The Bertz CT molecular complexity index is 293. The summed E-state index contributed by atoms with van der Waals surface area (Å²) in [6.45, 7) is 2.27. The van der Waals surface area contributed by atoms with E-state index in [1.165, 1.54) is 12.8 Å². The number of rotatable bonds is 1. The second-order valence-corrected chi connectivity index (χ2v) is 4.91. The SMILES string of the molecule is O=C1C=CC(C2CCN(P)CC2)C=CN1. The summed E-state index contributed by atoms with van der Waals surface area (Å²) in [6, 6.07) is 0. The molecule has 82 valence electrons. The Hall–Kier alpha value is -0.660. The second-order valence-electron chi connectivity index (χ2n) is 4.18. The zero-order chi connectivity index (χ0) is 10.7. The predicted molar refractivity (Wildman–Crippen MR) is 63.9 cm³/mol. The molecule has 0 saturated carbocycles. The fourth-order valence-corrected chi connectivity index (χ4v) is 2.47. The number of carbonyl (C=O) groups excluding carboxylic acids is 1. The van der Waals surface area contributed by atoms with Crippen LogP contribution in [0.15, 0.2) is 24.4 Å². The highest BCUT2D eigenvalue weighted by Crippen LogP contribution is 2.28. The van der Waals surface area contributed by atoms with Gasteiger partial charge in [-0.3, -0.25) is 9.46 Å². The van der Waals surface area contributed by atoms with Crippen molar-refractivity contribution in [2.45, 2.75) is 12.8 Å². The third-order valence-electron chi connectivity index (χ3n) is 3.13. The maximum absolute atomic E-state index is 11.1. The van der Waals surface area contributed by atoms with E-state index in [0.717, 1.165) is 13.1 Å². The molecule has 0 aromatic carbocycles. The molecule has 0 aromatic rings. The Morgan fingerprint density at radius 1 is 1.33 bits per heavy atom. The van der Waals surface area contributed by atoms with Gasteiger partial charge in [0.05, 0.1) is 0 Å². The number of allylic oxidation sites excluding steroid dienone is 2. The Morgan fingerprint density at radius 2 is 2.07 bits per heavy atom. The van der Waals surface area contributed by atoms with Gasteiger partial charge in [0.2, 0.25) is 5.91 Å². The van der Waals surface area contributed by atoms with E-state index in [1.807, 2.05) is 6.08 Å². The smallest absolute Gasteiger partial charge is 0.247 e. The van der Waals surface area contributed by atoms with E-state index in [1.54, 1.807) is 12.3 Å². The van der Waals surface area contributed by atoms with Gasteiger partial charge in [-0.1, -0.05) is 21.5 Å². The minimum Gasteiger partial charge on any atom is -0.329 e. The van der Waals surface area contributed by atoms with Crippen LogP contribution in [0.25, 0.3) is 0 Å². The zero-order valence-corrected chi connectivity index (χ0v) is 9.88. The van der Waals surface area contributed by atoms with Gasteiger partial charge in [0.15, 0.2) is 0 Å². The first kappa shape index (κ1) is 10.8. The Balaban J connectivity index is 1.98. The van der Waals surface area contributed by atoms with Crippen molar-refractivity contribution in [3.8, 4) is 0 Å². The fraction of sp³-hybridized carbons (Fsp3) is 0.545. The first-order valence-corrected chi connectivity index (χ1v) is 5.92. The van der Waals surface area contributed by atoms with Crippen LogP contribution in [0, 0.1) is 11.8 Å². The molecule has 15 heavy (non-hydrogen) atoms. The van der Waals surface area contributed by atoms with E-state index in [-0.39, 0.29) is 5.91 Å². The predicted octanol–water partition coefficient (Wildman–Crippen LogP) is 1.30. The highest BCUT2D eigenvalue weighted by atomic mass is 31.0. The Labute approximate surface area is 92.9 Å². The zero-order valence-electron chi connectivity index (χ0n) is 8.73. The van der Waals surface area contributed by atoms with Gasteiger partial charge in [-0.05, 0) is 30.8 Å². The van der Waals surface area contributed by atoms with Crippen molar-refractivity contribution in [2.24, 2.45) is 11.8 Å². The molecule has 1 N–H and O–H groups in total. The molecule has 2 aliphatic rings. The van der Waals surface area contributed by atoms with Crippen LogP contribution in [0.4, 0.5) is 0 Å². The lowest BCUT2D eigenvalue weighted by Crippen LogP contribution is -2.29. The van der Waals surface area contributed by atoms with Crippen molar-refractivity contribution >= 4 is 15.3 Å². The molecule has 0 aliphatic carbocycles. The van der Waals surface area contributed by atoms with E-state index in [9.17, 15) is 4.79 Å². The largest absolute Gasteiger partial charge is 0.329 e. The van der Waals surface area contributed by atoms with Crippen LogP contribution < -0.4 is 5.32 Å². The van der Waals surface area contributed by atoms with Crippen LogP contribution in [0.5, 0.6) is 0 Å². The lowest BCUT2D eigenvalue weighted by Gasteiger charge is -2.31. The van der Waals surface area contributed by atoms with Gasteiger partial charge in [0.25, 0.3) is 0 Å². The van der Waals surface area contributed by atoms with Crippen LogP contribution in [0.1, 0.15) is 12.8 Å². The molecule has 0 radical (unpaired) electrons. The van der Waals surface area contributed by atoms with Crippen molar-refractivity contribution in [3.05, 3.63) is 24.4 Å². The van der Waals surface area contributed by atoms with Gasteiger partial charge >= 0.3 is 0 Å². The van der Waals surface area contributed by atoms with E-state index >= 15 is 0 Å². The van der Waals surface area contributed by atoms with E-state index < -0.39 is 0 Å². The summed E-state index contributed by atoms with van der Waals surface area (Å²) >= 11 is 0. The second kappa shape index (κ2) is 4.91. The summed E-state index contributed by atoms with van der Waals surface area (Å²) < 4.78 is 2.28. The van der Waals surface area contributed by atoms with E-state index in [0.29, 0.717) is 11.8 Å². The highest BCUT2D eigenvalue weighted by Gasteiger charge is 2.22. The molecule has 2 unspecified atom stereocenters. The number of hydrogen-bond acceptors (Lipinski definition) is 2. The minimum absolute atomic E-state index is 0.0165. The average molecular weight is 224 g/mol. The fourth-order valence-electron chi connectivity index (χ4n) is 2.17. The minimum atomic E-state index is -0.0165. The lowest BCUT2D eigenvalue weighted by molar-refractivity contribution is -0.115. The third-order valence-corrected chi connectivity index (χ3v) is 3.65. The van der Waals surface area contributed by atoms with Crippen molar-refractivity contribution in [3.63, 3.8) is 0 Å². The van der Waals surface area contributed by atoms with Crippen LogP contribution in [-0.2, 0) is 4.79 Å². The van der Waals surface area contributed by atoms with Gasteiger partial charge in [-0.2, -0.15) is 0 Å². The average Bonchev–Trinajstić information content (AvgIpc) is 2.44. The van der Waals surface area contributed by atoms with Gasteiger partial charge in [0, 0.05) is 19.3 Å². The lowest BCUT2D eigenvalue weighted by atomic mass is 9.84. The third kappa shape index (κ3) is 2.90. The molecule has 2 aliphatic heterocycles. The Kier molecular flexibility index (Phi) is 3.55. The normalized spacial score (nSPS) is 28.9. The van der Waals surface area contributed by atoms with Crippen LogP contribution in [-0.4, -0.2) is 23.7 Å². The van der Waals surface area contributed by atoms with Crippen molar-refractivity contribution in [1.82, 2.24) is 9.99 Å². The highest BCUT2D eigenvalue weighted by molar-refractivity contribution is 7.13. The molecule has 0 aromatic heterocycles. The molecule has 2 heterocycles. The molecule has 3 nitrogen and oxygen atoms in total. The summed E-state index contributed by atoms with van der Waals surface area (Å²) in [7, 11) is 2.76. The number of amides is 1. The molecule has 0 spiro atoms. The van der Waals surface area contributed by atoms with E-state index in [4.69, 9.17) is 0 Å². The quantitative estimate of drug-likeness (QED) is 0.681. The van der Waals surface area contributed by atoms with E-state index in [2.05, 4.69) is 25.5 Å². The first-order chi connectivity index (χ1) is 7.25. The molecule has 2 atom stereocenters. The molecule has 4 heteroatoms. The summed E-state index contributed by atoms with van der Waals surface area (Å²) in [5.41, 5.74) is 0. The molecular weight excluding hydrogens is 207 g/mol. The van der Waals surface area contributed by atoms with Gasteiger partial charge < -0.3 is 5.32 Å². The van der Waals surface area contributed by atoms with Gasteiger partial charge in [-0.25, -0.2) is 0 Å². The molecule has 0 bridgehead atoms. The Morgan fingerprint density at radius 3 is 2.80 bits per heavy atom. The van der Waals surface area contributed by atoms with Crippen molar-refractivity contribution < 1.29 is 4.79 Å².